The van der Waals surface area contributed by atoms with Crippen molar-refractivity contribution >= 4 is 6.21 Å². The monoisotopic (exact) mass is 411 g/mol. The Labute approximate surface area is 189 Å². The maximum atomic E-state index is 4.53. The minimum Gasteiger partial charge on any atom is -0.257 e. The molecule has 0 saturated carbocycles. The summed E-state index contributed by atoms with van der Waals surface area (Å²) in [7, 11) is 0. The molecule has 1 heteroatoms. The summed E-state index contributed by atoms with van der Waals surface area (Å²) in [5.41, 5.74) is 7.58. The van der Waals surface area contributed by atoms with Crippen LogP contribution in [-0.2, 0) is 0 Å². The van der Waals surface area contributed by atoms with E-state index in [9.17, 15) is 0 Å². The number of hydrogen-bond donors (Lipinski definition) is 0. The lowest BCUT2D eigenvalue weighted by Crippen LogP contribution is -2.19. The summed E-state index contributed by atoms with van der Waals surface area (Å²) in [6.45, 7) is 15.2. The minimum absolute atomic E-state index is 0.285. The molecule has 0 fully saturated rings. The van der Waals surface area contributed by atoms with Crippen LogP contribution < -0.4 is 0 Å². The van der Waals surface area contributed by atoms with Crippen LogP contribution in [0.5, 0.6) is 0 Å². The average molecular weight is 412 g/mol. The third-order valence-electron chi connectivity index (χ3n) is 5.60. The molecule has 162 valence electrons. The van der Waals surface area contributed by atoms with Crippen LogP contribution in [0.15, 0.2) is 124 Å². The number of aliphatic imine (C=N–C) groups is 1. The fraction of sp³-hybridized carbons (Fsp3) is 0.300. The maximum Gasteiger partial charge on any atom is 0.0629 e. The van der Waals surface area contributed by atoms with Gasteiger partial charge in [-0.05, 0) is 80.4 Å². The van der Waals surface area contributed by atoms with Gasteiger partial charge in [-0.3, -0.25) is 4.99 Å². The van der Waals surface area contributed by atoms with Crippen molar-refractivity contribution in [3.05, 3.63) is 119 Å². The third kappa shape index (κ3) is 8.76. The van der Waals surface area contributed by atoms with Gasteiger partial charge in [0.25, 0.3) is 0 Å². The van der Waals surface area contributed by atoms with E-state index >= 15 is 0 Å². The van der Waals surface area contributed by atoms with Crippen molar-refractivity contribution < 1.29 is 0 Å². The minimum atomic E-state index is 0.285. The first-order chi connectivity index (χ1) is 14.8. The maximum absolute atomic E-state index is 4.53. The van der Waals surface area contributed by atoms with E-state index in [-0.39, 0.29) is 5.41 Å². The summed E-state index contributed by atoms with van der Waals surface area (Å²) in [4.78, 5) is 4.53. The predicted octanol–water partition coefficient (Wildman–Crippen LogP) is 8.71. The molecule has 1 nitrogen and oxygen atoms in total. The molecule has 0 amide bonds. The Bertz CT molecular complexity index is 960. The highest BCUT2D eigenvalue weighted by molar-refractivity contribution is 5.74. The van der Waals surface area contributed by atoms with E-state index in [1.54, 1.807) is 0 Å². The van der Waals surface area contributed by atoms with Gasteiger partial charge in [0.1, 0.15) is 0 Å². The van der Waals surface area contributed by atoms with Gasteiger partial charge < -0.3 is 0 Å². The average Bonchev–Trinajstić information content (AvgIpc) is 2.79. The lowest BCUT2D eigenvalue weighted by Gasteiger charge is -2.32. The highest BCUT2D eigenvalue weighted by Crippen LogP contribution is 2.40. The van der Waals surface area contributed by atoms with Crippen LogP contribution in [0.2, 0.25) is 0 Å². The van der Waals surface area contributed by atoms with E-state index in [2.05, 4.69) is 76.6 Å². The quantitative estimate of drug-likeness (QED) is 0.306. The number of hydrogen-bond acceptors (Lipinski definition) is 1. The van der Waals surface area contributed by atoms with Crippen molar-refractivity contribution in [2.45, 2.75) is 53.9 Å². The zero-order chi connectivity index (χ0) is 22.7. The Balaban J connectivity index is 1.98. The second kappa shape index (κ2) is 12.1. The van der Waals surface area contributed by atoms with Crippen molar-refractivity contribution in [1.82, 2.24) is 0 Å². The molecule has 0 aliphatic heterocycles. The zero-order valence-electron chi connectivity index (χ0n) is 19.9. The van der Waals surface area contributed by atoms with E-state index in [4.69, 9.17) is 0 Å². The van der Waals surface area contributed by atoms with Crippen molar-refractivity contribution in [2.75, 3.05) is 0 Å². The van der Waals surface area contributed by atoms with Gasteiger partial charge >= 0.3 is 0 Å². The van der Waals surface area contributed by atoms with Crippen LogP contribution in [0, 0.1) is 5.41 Å². The fourth-order valence-electron chi connectivity index (χ4n) is 3.72. The van der Waals surface area contributed by atoms with E-state index in [0.29, 0.717) is 0 Å². The highest BCUT2D eigenvalue weighted by atomic mass is 14.7. The van der Waals surface area contributed by atoms with Crippen molar-refractivity contribution in [2.24, 2.45) is 10.4 Å². The van der Waals surface area contributed by atoms with Crippen molar-refractivity contribution in [3.63, 3.8) is 0 Å². The standard InChI is InChI=1S/C30H37N/c1-24-12-8-7-9-16-28(19-17-24)31-23-21-26(3)14-10-13-25(2)18-20-29-27(4)15-11-22-30(29,5)6/h7-10,12-14,16-21,23H,1,11,15,22H2,2-6H3/b9-7-,12-8-,14-10-,19-17?,20-18+,25-13+,26-21+,28-16+,31-23-. The molecule has 0 aromatic rings. The Morgan fingerprint density at radius 2 is 1.77 bits per heavy atom. The number of rotatable bonds is 6. The molecule has 0 N–H and O–H groups in total. The molecule has 0 aromatic heterocycles. The fourth-order valence-corrected chi connectivity index (χ4v) is 3.72. The molecule has 0 unspecified atom stereocenters. The van der Waals surface area contributed by atoms with Gasteiger partial charge in [0.05, 0.1) is 5.70 Å². The van der Waals surface area contributed by atoms with Crippen LogP contribution in [0.3, 0.4) is 0 Å². The lowest BCUT2D eigenvalue weighted by atomic mass is 9.72. The molecule has 31 heavy (non-hydrogen) atoms. The normalized spacial score (nSPS) is 24.4. The Hall–Kier alpha value is -2.93. The van der Waals surface area contributed by atoms with Crippen LogP contribution in [-0.4, -0.2) is 6.21 Å². The highest BCUT2D eigenvalue weighted by Gasteiger charge is 2.26. The Kier molecular flexibility index (Phi) is 9.46. The smallest absolute Gasteiger partial charge is 0.0629 e. The SMILES string of the molecule is C=C1C=CC(/N=C\C=C(C)\C=C/C=C(C)/C=C/C2=C(C)CCCC2(C)C)=C\C=C/C=C\1. The number of nitrogens with zero attached hydrogens (tertiary/aromatic N) is 1. The first-order valence-corrected chi connectivity index (χ1v) is 11.1. The molecule has 2 rings (SSSR count). The van der Waals surface area contributed by atoms with E-state index in [1.807, 2.05) is 54.8 Å². The topological polar surface area (TPSA) is 12.4 Å². The molecular formula is C30H37N. The van der Waals surface area contributed by atoms with E-state index in [0.717, 1.165) is 16.8 Å². The van der Waals surface area contributed by atoms with Gasteiger partial charge in [0.2, 0.25) is 0 Å². The lowest BCUT2D eigenvalue weighted by molar-refractivity contribution is 0.377. The van der Waals surface area contributed by atoms with Gasteiger partial charge in [-0.2, -0.15) is 0 Å². The van der Waals surface area contributed by atoms with Crippen LogP contribution in [0.1, 0.15) is 53.9 Å². The summed E-state index contributed by atoms with van der Waals surface area (Å²) in [6, 6.07) is 0. The molecule has 0 radical (unpaired) electrons. The van der Waals surface area contributed by atoms with Gasteiger partial charge in [-0.1, -0.05) is 92.3 Å². The van der Waals surface area contributed by atoms with Crippen LogP contribution in [0.25, 0.3) is 0 Å². The van der Waals surface area contributed by atoms with E-state index < -0.39 is 0 Å². The largest absolute Gasteiger partial charge is 0.257 e. The van der Waals surface area contributed by atoms with Gasteiger partial charge in [-0.25, -0.2) is 0 Å². The van der Waals surface area contributed by atoms with Gasteiger partial charge in [0, 0.05) is 6.21 Å². The zero-order valence-corrected chi connectivity index (χ0v) is 19.9. The summed E-state index contributed by atoms with van der Waals surface area (Å²) in [5.74, 6) is 0. The van der Waals surface area contributed by atoms with Crippen LogP contribution in [0.4, 0.5) is 0 Å². The van der Waals surface area contributed by atoms with Gasteiger partial charge in [-0.15, -0.1) is 0 Å². The first kappa shape index (κ1) is 24.3. The molecule has 2 aliphatic rings. The molecule has 0 heterocycles. The van der Waals surface area contributed by atoms with Gasteiger partial charge in [0.15, 0.2) is 0 Å². The molecule has 0 bridgehead atoms. The first-order valence-electron chi connectivity index (χ1n) is 11.1. The molecule has 0 aromatic carbocycles. The molecular weight excluding hydrogens is 374 g/mol. The molecule has 0 atom stereocenters. The second-order valence-corrected chi connectivity index (χ2v) is 8.97. The number of allylic oxidation sites excluding steroid dienone is 18. The Morgan fingerprint density at radius 3 is 2.55 bits per heavy atom. The van der Waals surface area contributed by atoms with Crippen molar-refractivity contribution in [1.29, 1.82) is 0 Å². The predicted molar refractivity (Wildman–Crippen MR) is 139 cm³/mol. The van der Waals surface area contributed by atoms with Crippen LogP contribution >= 0.6 is 0 Å². The second-order valence-electron chi connectivity index (χ2n) is 8.97. The van der Waals surface area contributed by atoms with Crippen molar-refractivity contribution in [3.8, 4) is 0 Å². The molecule has 2 aliphatic carbocycles. The molecule has 0 spiro atoms. The Morgan fingerprint density at radius 1 is 1.00 bits per heavy atom. The summed E-state index contributed by atoms with van der Waals surface area (Å²) in [5, 5.41) is 0. The molecule has 0 saturated heterocycles. The third-order valence-corrected chi connectivity index (χ3v) is 5.60. The summed E-state index contributed by atoms with van der Waals surface area (Å²) < 4.78 is 0. The summed E-state index contributed by atoms with van der Waals surface area (Å²) in [6.07, 6.45) is 32.4. The summed E-state index contributed by atoms with van der Waals surface area (Å²) >= 11 is 0. The van der Waals surface area contributed by atoms with E-state index in [1.165, 1.54) is 36.0 Å².